The Morgan fingerprint density at radius 1 is 1.04 bits per heavy atom. The molecule has 0 fully saturated rings. The highest BCUT2D eigenvalue weighted by Crippen LogP contribution is 2.46. The van der Waals surface area contributed by atoms with Gasteiger partial charge in [-0.1, -0.05) is 0 Å². The van der Waals surface area contributed by atoms with E-state index in [9.17, 15) is 4.79 Å². The molecule has 7 heteroatoms. The van der Waals surface area contributed by atoms with E-state index in [1.54, 1.807) is 6.07 Å². The van der Waals surface area contributed by atoms with Crippen LogP contribution in [0.2, 0.25) is 0 Å². The smallest absolute Gasteiger partial charge is 0.204 e. The van der Waals surface area contributed by atoms with Crippen LogP contribution in [0.25, 0.3) is 21.8 Å². The van der Waals surface area contributed by atoms with Gasteiger partial charge in [0.15, 0.2) is 17.8 Å². The summed E-state index contributed by atoms with van der Waals surface area (Å²) in [6, 6.07) is 9.08. The van der Waals surface area contributed by atoms with Gasteiger partial charge in [-0.2, -0.15) is 0 Å². The second-order valence-corrected chi connectivity index (χ2v) is 6.25. The van der Waals surface area contributed by atoms with Gasteiger partial charge >= 0.3 is 0 Å². The molecule has 3 aromatic rings. The number of rotatable bonds is 6. The molecule has 0 radical (unpaired) electrons. The minimum atomic E-state index is 0.406. The standard InChI is InChI=1S/C19H18N2O4S/c1-23-15-8-12(9-22)16(18(25-3)17(15)24-2)14-10-26-19(21-14)11-4-6-13(20)7-5-11/h4-10H,20H2,1-3H3. The third-order valence-electron chi connectivity index (χ3n) is 3.91. The number of carbonyl (C=O) groups excluding carboxylic acids is 1. The van der Waals surface area contributed by atoms with E-state index in [-0.39, 0.29) is 0 Å². The maximum atomic E-state index is 11.7. The molecule has 0 unspecified atom stereocenters. The van der Waals surface area contributed by atoms with Crippen LogP contribution in [0.1, 0.15) is 10.4 Å². The molecule has 0 atom stereocenters. The number of hydrogen-bond donors (Lipinski definition) is 1. The van der Waals surface area contributed by atoms with E-state index >= 15 is 0 Å². The molecule has 0 saturated carbocycles. The van der Waals surface area contributed by atoms with Gasteiger partial charge in [0, 0.05) is 22.2 Å². The van der Waals surface area contributed by atoms with E-state index in [2.05, 4.69) is 4.98 Å². The zero-order valence-electron chi connectivity index (χ0n) is 14.6. The predicted molar refractivity (Wildman–Crippen MR) is 102 cm³/mol. The molecular weight excluding hydrogens is 352 g/mol. The Bertz CT molecular complexity index is 935. The SMILES string of the molecule is COc1cc(C=O)c(-c2csc(-c3ccc(N)cc3)n2)c(OC)c1OC. The summed E-state index contributed by atoms with van der Waals surface area (Å²) >= 11 is 1.47. The van der Waals surface area contributed by atoms with Gasteiger partial charge in [0.2, 0.25) is 5.75 Å². The van der Waals surface area contributed by atoms with Crippen LogP contribution in [0.5, 0.6) is 17.2 Å². The number of ether oxygens (including phenoxy) is 3. The summed E-state index contributed by atoms with van der Waals surface area (Å²) in [7, 11) is 4.54. The summed E-state index contributed by atoms with van der Waals surface area (Å²) in [5.41, 5.74) is 8.98. The Labute approximate surface area is 155 Å². The molecule has 2 aromatic carbocycles. The molecule has 1 aromatic heterocycles. The monoisotopic (exact) mass is 370 g/mol. The van der Waals surface area contributed by atoms with Crippen LogP contribution in [-0.4, -0.2) is 32.6 Å². The number of benzene rings is 2. The molecule has 1 heterocycles. The molecular formula is C19H18N2O4S. The molecule has 0 amide bonds. The molecule has 0 bridgehead atoms. The summed E-state index contributed by atoms with van der Waals surface area (Å²) in [5, 5.41) is 2.69. The van der Waals surface area contributed by atoms with Crippen LogP contribution in [0.4, 0.5) is 5.69 Å². The molecule has 3 rings (SSSR count). The van der Waals surface area contributed by atoms with Crippen molar-refractivity contribution in [1.82, 2.24) is 4.98 Å². The molecule has 0 aliphatic rings. The van der Waals surface area contributed by atoms with Crippen molar-refractivity contribution in [3.63, 3.8) is 0 Å². The number of anilines is 1. The Morgan fingerprint density at radius 3 is 2.31 bits per heavy atom. The Morgan fingerprint density at radius 2 is 1.73 bits per heavy atom. The zero-order valence-corrected chi connectivity index (χ0v) is 15.4. The van der Waals surface area contributed by atoms with Gasteiger partial charge in [0.1, 0.15) is 5.01 Å². The number of carbonyl (C=O) groups is 1. The van der Waals surface area contributed by atoms with Gasteiger partial charge in [0.05, 0.1) is 32.6 Å². The summed E-state index contributed by atoms with van der Waals surface area (Å²) in [5.74, 6) is 1.24. The first-order valence-electron chi connectivity index (χ1n) is 7.72. The van der Waals surface area contributed by atoms with E-state index in [4.69, 9.17) is 19.9 Å². The fraction of sp³-hybridized carbons (Fsp3) is 0.158. The van der Waals surface area contributed by atoms with Crippen molar-refractivity contribution >= 4 is 23.3 Å². The van der Waals surface area contributed by atoms with E-state index < -0.39 is 0 Å². The second-order valence-electron chi connectivity index (χ2n) is 5.39. The van der Waals surface area contributed by atoms with Gasteiger partial charge in [-0.15, -0.1) is 11.3 Å². The maximum absolute atomic E-state index is 11.7. The molecule has 0 aliphatic carbocycles. The first kappa shape index (κ1) is 17.8. The minimum Gasteiger partial charge on any atom is -0.493 e. The van der Waals surface area contributed by atoms with E-state index in [0.717, 1.165) is 16.9 Å². The number of nitrogen functional groups attached to an aromatic ring is 1. The van der Waals surface area contributed by atoms with Crippen molar-refractivity contribution in [3.05, 3.63) is 41.3 Å². The molecule has 0 spiro atoms. The normalized spacial score (nSPS) is 10.4. The molecule has 0 saturated heterocycles. The fourth-order valence-corrected chi connectivity index (χ4v) is 3.50. The quantitative estimate of drug-likeness (QED) is 0.523. The average Bonchev–Trinajstić information content (AvgIpc) is 3.16. The largest absolute Gasteiger partial charge is 0.493 e. The molecule has 134 valence electrons. The number of aromatic nitrogens is 1. The Balaban J connectivity index is 2.17. The van der Waals surface area contributed by atoms with Gasteiger partial charge in [0.25, 0.3) is 0 Å². The topological polar surface area (TPSA) is 83.7 Å². The number of methoxy groups -OCH3 is 3. The Hall–Kier alpha value is -3.06. The third-order valence-corrected chi connectivity index (χ3v) is 4.80. The molecule has 0 aliphatic heterocycles. The summed E-state index contributed by atoms with van der Waals surface area (Å²) < 4.78 is 16.2. The van der Waals surface area contributed by atoms with Crippen molar-refractivity contribution in [3.8, 4) is 39.1 Å². The van der Waals surface area contributed by atoms with Crippen molar-refractivity contribution in [1.29, 1.82) is 0 Å². The number of hydrogen-bond acceptors (Lipinski definition) is 7. The maximum Gasteiger partial charge on any atom is 0.204 e. The Kier molecular flexibility index (Phi) is 5.09. The van der Waals surface area contributed by atoms with Crippen molar-refractivity contribution in [2.24, 2.45) is 0 Å². The molecule has 6 nitrogen and oxygen atoms in total. The number of thiazole rings is 1. The van der Waals surface area contributed by atoms with Gasteiger partial charge in [-0.25, -0.2) is 4.98 Å². The number of nitrogens with zero attached hydrogens (tertiary/aromatic N) is 1. The lowest BCUT2D eigenvalue weighted by Gasteiger charge is -2.16. The van der Waals surface area contributed by atoms with E-state index in [0.29, 0.717) is 39.8 Å². The van der Waals surface area contributed by atoms with Gasteiger partial charge in [-0.3, -0.25) is 4.79 Å². The zero-order chi connectivity index (χ0) is 18.7. The summed E-state index contributed by atoms with van der Waals surface area (Å²) in [6.45, 7) is 0. The summed E-state index contributed by atoms with van der Waals surface area (Å²) in [4.78, 5) is 16.3. The number of nitrogens with two attached hydrogens (primary N) is 1. The van der Waals surface area contributed by atoms with Crippen LogP contribution in [0.15, 0.2) is 35.7 Å². The van der Waals surface area contributed by atoms with E-state index in [1.807, 2.05) is 29.6 Å². The highest BCUT2D eigenvalue weighted by atomic mass is 32.1. The first-order chi connectivity index (χ1) is 12.6. The first-order valence-corrected chi connectivity index (χ1v) is 8.60. The number of aldehydes is 1. The fourth-order valence-electron chi connectivity index (χ4n) is 2.68. The van der Waals surface area contributed by atoms with Crippen LogP contribution in [0, 0.1) is 0 Å². The van der Waals surface area contributed by atoms with Gasteiger partial charge in [-0.05, 0) is 30.3 Å². The molecule has 26 heavy (non-hydrogen) atoms. The second kappa shape index (κ2) is 7.45. The minimum absolute atomic E-state index is 0.406. The van der Waals surface area contributed by atoms with E-state index in [1.165, 1.54) is 32.7 Å². The van der Waals surface area contributed by atoms with Crippen LogP contribution >= 0.6 is 11.3 Å². The van der Waals surface area contributed by atoms with Crippen molar-refractivity contribution < 1.29 is 19.0 Å². The molecule has 2 N–H and O–H groups in total. The predicted octanol–water partition coefficient (Wildman–Crippen LogP) is 3.90. The van der Waals surface area contributed by atoms with Crippen LogP contribution < -0.4 is 19.9 Å². The van der Waals surface area contributed by atoms with Crippen molar-refractivity contribution in [2.45, 2.75) is 0 Å². The van der Waals surface area contributed by atoms with Gasteiger partial charge < -0.3 is 19.9 Å². The third kappa shape index (κ3) is 3.09. The summed E-state index contributed by atoms with van der Waals surface area (Å²) in [6.07, 6.45) is 0.752. The lowest BCUT2D eigenvalue weighted by Crippen LogP contribution is -2.00. The van der Waals surface area contributed by atoms with Crippen molar-refractivity contribution in [2.75, 3.05) is 27.1 Å². The van der Waals surface area contributed by atoms with Crippen LogP contribution in [-0.2, 0) is 0 Å². The average molecular weight is 370 g/mol. The highest BCUT2D eigenvalue weighted by Gasteiger charge is 2.23. The lowest BCUT2D eigenvalue weighted by molar-refractivity contribution is 0.112. The highest BCUT2D eigenvalue weighted by molar-refractivity contribution is 7.13. The lowest BCUT2D eigenvalue weighted by atomic mass is 10.0. The van der Waals surface area contributed by atoms with Crippen LogP contribution in [0.3, 0.4) is 0 Å².